The molecule has 1 N–H and O–H groups in total. The maximum Gasteiger partial charge on any atom is 0.133 e. The second kappa shape index (κ2) is 5.92. The van der Waals surface area contributed by atoms with Crippen LogP contribution in [-0.2, 0) is 0 Å². The Morgan fingerprint density at radius 3 is 2.45 bits per heavy atom. The van der Waals surface area contributed by atoms with Gasteiger partial charge in [0.1, 0.15) is 23.4 Å². The van der Waals surface area contributed by atoms with Gasteiger partial charge in [0.2, 0.25) is 0 Å². The smallest absolute Gasteiger partial charge is 0.133 e. The van der Waals surface area contributed by atoms with Crippen LogP contribution in [0.1, 0.15) is 22.8 Å². The van der Waals surface area contributed by atoms with Crippen molar-refractivity contribution >= 4 is 0 Å². The predicted octanol–water partition coefficient (Wildman–Crippen LogP) is 3.23. The first kappa shape index (κ1) is 14.3. The summed E-state index contributed by atoms with van der Waals surface area (Å²) in [5.74, 6) is 0.527. The van der Waals surface area contributed by atoms with Crippen molar-refractivity contribution in [3.63, 3.8) is 0 Å². The zero-order chi connectivity index (χ0) is 14.7. The van der Waals surface area contributed by atoms with Crippen molar-refractivity contribution in [3.8, 4) is 11.5 Å². The molecule has 0 saturated carbocycles. The topological polar surface area (TPSA) is 38.7 Å². The quantitative estimate of drug-likeness (QED) is 0.931. The van der Waals surface area contributed by atoms with E-state index in [1.54, 1.807) is 37.4 Å². The van der Waals surface area contributed by atoms with Gasteiger partial charge in [0.05, 0.1) is 19.8 Å². The summed E-state index contributed by atoms with van der Waals surface area (Å²) >= 11 is 0. The molecule has 0 fully saturated rings. The highest BCUT2D eigenvalue weighted by molar-refractivity contribution is 5.45. The first-order chi connectivity index (χ1) is 9.58. The molecule has 0 aliphatic heterocycles. The van der Waals surface area contributed by atoms with Crippen molar-refractivity contribution in [2.24, 2.45) is 0 Å². The van der Waals surface area contributed by atoms with E-state index < -0.39 is 11.9 Å². The summed E-state index contributed by atoms with van der Waals surface area (Å²) in [4.78, 5) is 0. The number of rotatable bonds is 4. The molecular weight excluding hydrogens is 259 g/mol. The van der Waals surface area contributed by atoms with Gasteiger partial charge >= 0.3 is 0 Å². The number of benzene rings is 2. The summed E-state index contributed by atoms with van der Waals surface area (Å²) in [5.41, 5.74) is 1.58. The molecule has 20 heavy (non-hydrogen) atoms. The van der Waals surface area contributed by atoms with Gasteiger partial charge in [0, 0.05) is 0 Å². The van der Waals surface area contributed by atoms with Gasteiger partial charge in [-0.1, -0.05) is 12.1 Å². The number of hydrogen-bond donors (Lipinski definition) is 1. The van der Waals surface area contributed by atoms with Gasteiger partial charge < -0.3 is 14.6 Å². The summed E-state index contributed by atoms with van der Waals surface area (Å²) in [6.07, 6.45) is -1.09. The van der Waals surface area contributed by atoms with Crippen molar-refractivity contribution in [3.05, 3.63) is 58.9 Å². The molecule has 0 radical (unpaired) electrons. The van der Waals surface area contributed by atoms with E-state index in [0.717, 1.165) is 5.56 Å². The Morgan fingerprint density at radius 1 is 1.10 bits per heavy atom. The molecule has 0 spiro atoms. The molecule has 1 atom stereocenters. The first-order valence-corrected chi connectivity index (χ1v) is 6.23. The molecule has 1 unspecified atom stereocenters. The summed E-state index contributed by atoms with van der Waals surface area (Å²) in [5, 5.41) is 10.5. The van der Waals surface area contributed by atoms with Crippen LogP contribution in [0.15, 0.2) is 36.4 Å². The molecule has 0 aliphatic carbocycles. The maximum atomic E-state index is 14.0. The Labute approximate surface area is 117 Å². The van der Waals surface area contributed by atoms with E-state index in [4.69, 9.17) is 9.47 Å². The van der Waals surface area contributed by atoms with Crippen molar-refractivity contribution in [1.82, 2.24) is 0 Å². The number of ether oxygens (including phenoxy) is 2. The standard InChI is InChI=1S/C16H17FO3/c1-10-9-11(19-2)7-8-12(10)16(18)15-13(17)5-4-6-14(15)20-3/h4-9,16,18H,1-3H3. The third kappa shape index (κ3) is 2.60. The molecule has 2 rings (SSSR count). The predicted molar refractivity (Wildman–Crippen MR) is 74.7 cm³/mol. The summed E-state index contributed by atoms with van der Waals surface area (Å²) < 4.78 is 24.2. The fraction of sp³-hybridized carbons (Fsp3) is 0.250. The second-order valence-corrected chi connectivity index (χ2v) is 4.48. The molecule has 3 nitrogen and oxygen atoms in total. The fourth-order valence-electron chi connectivity index (χ4n) is 2.20. The van der Waals surface area contributed by atoms with Crippen LogP contribution < -0.4 is 9.47 Å². The van der Waals surface area contributed by atoms with Gasteiger partial charge in [0.25, 0.3) is 0 Å². The number of hydrogen-bond acceptors (Lipinski definition) is 3. The average Bonchev–Trinajstić information content (AvgIpc) is 2.46. The molecule has 0 heterocycles. The molecule has 106 valence electrons. The van der Waals surface area contributed by atoms with Gasteiger partial charge in [0.15, 0.2) is 0 Å². The molecule has 2 aromatic rings. The van der Waals surface area contributed by atoms with Gasteiger partial charge in [-0.05, 0) is 42.3 Å². The van der Waals surface area contributed by atoms with E-state index in [-0.39, 0.29) is 5.56 Å². The van der Waals surface area contributed by atoms with Gasteiger partial charge in [-0.3, -0.25) is 0 Å². The van der Waals surface area contributed by atoms with E-state index in [9.17, 15) is 9.50 Å². The SMILES string of the molecule is COc1ccc(C(O)c2c(F)cccc2OC)c(C)c1. The normalized spacial score (nSPS) is 12.1. The van der Waals surface area contributed by atoms with Crippen LogP contribution in [0, 0.1) is 12.7 Å². The van der Waals surface area contributed by atoms with Gasteiger partial charge in [-0.15, -0.1) is 0 Å². The van der Waals surface area contributed by atoms with E-state index >= 15 is 0 Å². The Balaban J connectivity index is 2.49. The second-order valence-electron chi connectivity index (χ2n) is 4.48. The van der Waals surface area contributed by atoms with E-state index in [1.807, 2.05) is 6.92 Å². The molecule has 0 bridgehead atoms. The number of aliphatic hydroxyl groups excluding tert-OH is 1. The van der Waals surface area contributed by atoms with Crippen molar-refractivity contribution in [2.45, 2.75) is 13.0 Å². The van der Waals surface area contributed by atoms with Crippen LogP contribution in [-0.4, -0.2) is 19.3 Å². The highest BCUT2D eigenvalue weighted by Gasteiger charge is 2.21. The highest BCUT2D eigenvalue weighted by Crippen LogP contribution is 2.34. The monoisotopic (exact) mass is 276 g/mol. The largest absolute Gasteiger partial charge is 0.497 e. The molecule has 0 aromatic heterocycles. The molecule has 0 saturated heterocycles. The van der Waals surface area contributed by atoms with Crippen molar-refractivity contribution in [1.29, 1.82) is 0 Å². The zero-order valence-corrected chi connectivity index (χ0v) is 11.7. The minimum atomic E-state index is -1.09. The lowest BCUT2D eigenvalue weighted by Gasteiger charge is -2.18. The Hall–Kier alpha value is -2.07. The van der Waals surface area contributed by atoms with Crippen LogP contribution in [0.2, 0.25) is 0 Å². The van der Waals surface area contributed by atoms with Crippen molar-refractivity contribution in [2.75, 3.05) is 14.2 Å². The average molecular weight is 276 g/mol. The number of halogens is 1. The van der Waals surface area contributed by atoms with E-state index in [0.29, 0.717) is 17.1 Å². The minimum Gasteiger partial charge on any atom is -0.497 e. The lowest BCUT2D eigenvalue weighted by Crippen LogP contribution is -2.07. The summed E-state index contributed by atoms with van der Waals surface area (Å²) in [6, 6.07) is 9.74. The van der Waals surface area contributed by atoms with Gasteiger partial charge in [-0.25, -0.2) is 4.39 Å². The van der Waals surface area contributed by atoms with Crippen LogP contribution in [0.25, 0.3) is 0 Å². The molecule has 4 heteroatoms. The summed E-state index contributed by atoms with van der Waals surface area (Å²) in [6.45, 7) is 1.84. The minimum absolute atomic E-state index is 0.142. The number of aryl methyl sites for hydroxylation is 1. The zero-order valence-electron chi connectivity index (χ0n) is 11.7. The summed E-state index contributed by atoms with van der Waals surface area (Å²) in [7, 11) is 3.02. The van der Waals surface area contributed by atoms with E-state index in [2.05, 4.69) is 0 Å². The Kier molecular flexibility index (Phi) is 4.25. The van der Waals surface area contributed by atoms with Crippen molar-refractivity contribution < 1.29 is 19.0 Å². The molecule has 0 aliphatic rings. The first-order valence-electron chi connectivity index (χ1n) is 6.23. The van der Waals surface area contributed by atoms with E-state index in [1.165, 1.54) is 13.2 Å². The lowest BCUT2D eigenvalue weighted by atomic mass is 9.96. The molecule has 0 amide bonds. The maximum absolute atomic E-state index is 14.0. The third-order valence-corrected chi connectivity index (χ3v) is 3.28. The Bertz CT molecular complexity index is 611. The number of aliphatic hydroxyl groups is 1. The van der Waals surface area contributed by atoms with Gasteiger partial charge in [-0.2, -0.15) is 0 Å². The highest BCUT2D eigenvalue weighted by atomic mass is 19.1. The molecular formula is C16H17FO3. The Morgan fingerprint density at radius 2 is 1.85 bits per heavy atom. The third-order valence-electron chi connectivity index (χ3n) is 3.28. The van der Waals surface area contributed by atoms with Crippen LogP contribution in [0.4, 0.5) is 4.39 Å². The lowest BCUT2D eigenvalue weighted by molar-refractivity contribution is 0.208. The van der Waals surface area contributed by atoms with Crippen LogP contribution in [0.3, 0.4) is 0 Å². The molecule has 2 aromatic carbocycles. The van der Waals surface area contributed by atoms with Crippen LogP contribution in [0.5, 0.6) is 11.5 Å². The number of methoxy groups -OCH3 is 2. The van der Waals surface area contributed by atoms with Crippen LogP contribution >= 0.6 is 0 Å². The fourth-order valence-corrected chi connectivity index (χ4v) is 2.20.